The summed E-state index contributed by atoms with van der Waals surface area (Å²) in [6, 6.07) is -1.46. The SMILES string of the molecule is CC(C)(C)OC(=O)N1C[C@H]2Cc3cnc(OS(=O)(=O)C(F)(F)F)nc3[C@@H]1C2. The van der Waals surface area contributed by atoms with Crippen LogP contribution in [0.15, 0.2) is 6.20 Å². The summed E-state index contributed by atoms with van der Waals surface area (Å²) in [4.78, 5) is 21.3. The molecule has 3 rings (SSSR count). The zero-order valence-electron chi connectivity index (χ0n) is 14.8. The second-order valence-corrected chi connectivity index (χ2v) is 9.04. The van der Waals surface area contributed by atoms with Gasteiger partial charge in [0.15, 0.2) is 0 Å². The van der Waals surface area contributed by atoms with Gasteiger partial charge >= 0.3 is 27.7 Å². The maximum Gasteiger partial charge on any atom is 0.534 e. The minimum Gasteiger partial charge on any atom is -0.444 e. The number of hydrogen-bond donors (Lipinski definition) is 0. The van der Waals surface area contributed by atoms with Gasteiger partial charge in [-0.15, -0.1) is 0 Å². The van der Waals surface area contributed by atoms with Crippen molar-refractivity contribution >= 4 is 16.2 Å². The summed E-state index contributed by atoms with van der Waals surface area (Å²) in [7, 11) is -5.88. The molecule has 27 heavy (non-hydrogen) atoms. The van der Waals surface area contributed by atoms with Crippen molar-refractivity contribution in [2.24, 2.45) is 5.92 Å². The Morgan fingerprint density at radius 3 is 2.56 bits per heavy atom. The van der Waals surface area contributed by atoms with E-state index in [1.165, 1.54) is 11.1 Å². The van der Waals surface area contributed by atoms with Crippen molar-refractivity contribution in [1.82, 2.24) is 14.9 Å². The van der Waals surface area contributed by atoms with E-state index in [-0.39, 0.29) is 11.6 Å². The van der Waals surface area contributed by atoms with Gasteiger partial charge in [0.1, 0.15) is 5.60 Å². The number of carbonyl (C=O) groups excluding carboxylic acids is 1. The van der Waals surface area contributed by atoms with Crippen molar-refractivity contribution in [2.75, 3.05) is 6.54 Å². The molecule has 0 unspecified atom stereocenters. The van der Waals surface area contributed by atoms with Gasteiger partial charge in [0.05, 0.1) is 11.7 Å². The Labute approximate surface area is 153 Å². The molecule has 1 aliphatic carbocycles. The average molecular weight is 409 g/mol. The predicted octanol–water partition coefficient (Wildman–Crippen LogP) is 2.56. The predicted molar refractivity (Wildman–Crippen MR) is 85.1 cm³/mol. The molecular formula is C15H18F3N3O5S. The summed E-state index contributed by atoms with van der Waals surface area (Å²) in [6.07, 6.45) is 1.75. The van der Waals surface area contributed by atoms with Crippen molar-refractivity contribution in [3.05, 3.63) is 17.5 Å². The normalized spacial score (nSPS) is 22.4. The molecule has 2 atom stereocenters. The Kier molecular flexibility index (Phi) is 4.52. The number of likely N-dealkylation sites (tertiary alicyclic amines) is 1. The van der Waals surface area contributed by atoms with Crippen molar-refractivity contribution in [1.29, 1.82) is 0 Å². The monoisotopic (exact) mass is 409 g/mol. The van der Waals surface area contributed by atoms with Gasteiger partial charge in [0.2, 0.25) is 0 Å². The van der Waals surface area contributed by atoms with Crippen LogP contribution in [0, 0.1) is 5.92 Å². The Balaban J connectivity index is 1.88. The van der Waals surface area contributed by atoms with E-state index in [0.29, 0.717) is 24.9 Å². The smallest absolute Gasteiger partial charge is 0.444 e. The lowest BCUT2D eigenvalue weighted by molar-refractivity contribution is -0.0503. The lowest BCUT2D eigenvalue weighted by Gasteiger charge is -2.29. The van der Waals surface area contributed by atoms with Gasteiger partial charge in [-0.1, -0.05) is 0 Å². The van der Waals surface area contributed by atoms with E-state index in [9.17, 15) is 26.4 Å². The number of amides is 1. The number of halogens is 3. The molecule has 2 bridgehead atoms. The molecule has 0 spiro atoms. The zero-order valence-corrected chi connectivity index (χ0v) is 15.6. The summed E-state index contributed by atoms with van der Waals surface area (Å²) in [5.41, 5.74) is -5.39. The summed E-state index contributed by atoms with van der Waals surface area (Å²) < 4.78 is 69.2. The van der Waals surface area contributed by atoms with Crippen LogP contribution in [0.3, 0.4) is 0 Å². The van der Waals surface area contributed by atoms with E-state index in [1.807, 2.05) is 0 Å². The molecule has 12 heteroatoms. The molecule has 0 aromatic carbocycles. The van der Waals surface area contributed by atoms with Crippen LogP contribution in [-0.2, 0) is 21.3 Å². The maximum atomic E-state index is 12.5. The van der Waals surface area contributed by atoms with Gasteiger partial charge in [-0.25, -0.2) is 9.78 Å². The fourth-order valence-electron chi connectivity index (χ4n) is 3.20. The van der Waals surface area contributed by atoms with Crippen molar-refractivity contribution < 1.29 is 35.3 Å². The molecule has 2 aliphatic rings. The molecule has 1 aliphatic heterocycles. The molecule has 1 amide bonds. The molecule has 0 radical (unpaired) electrons. The van der Waals surface area contributed by atoms with Gasteiger partial charge in [-0.3, -0.25) is 4.90 Å². The molecule has 1 aromatic heterocycles. The number of nitrogens with zero attached hydrogens (tertiary/aromatic N) is 3. The molecule has 1 fully saturated rings. The number of fused-ring (bicyclic) bond motifs is 4. The average Bonchev–Trinajstić information content (AvgIpc) is 2.83. The summed E-state index contributed by atoms with van der Waals surface area (Å²) in [5, 5.41) is 0. The van der Waals surface area contributed by atoms with Gasteiger partial charge in [0.25, 0.3) is 0 Å². The Bertz CT molecular complexity index is 866. The summed E-state index contributed by atoms with van der Waals surface area (Å²) in [5.74, 6) is 0.143. The first-order chi connectivity index (χ1) is 12.3. The maximum absolute atomic E-state index is 12.5. The van der Waals surface area contributed by atoms with Crippen LogP contribution in [0.4, 0.5) is 18.0 Å². The molecule has 0 saturated carbocycles. The number of rotatable bonds is 2. The Hall–Kier alpha value is -2.11. The largest absolute Gasteiger partial charge is 0.534 e. The minimum absolute atomic E-state index is 0.143. The zero-order chi connectivity index (χ0) is 20.2. The highest BCUT2D eigenvalue weighted by molar-refractivity contribution is 7.87. The molecule has 2 heterocycles. The van der Waals surface area contributed by atoms with E-state index < -0.39 is 39.4 Å². The van der Waals surface area contributed by atoms with Crippen LogP contribution in [0.1, 0.15) is 44.5 Å². The minimum atomic E-state index is -5.88. The number of ether oxygens (including phenoxy) is 1. The van der Waals surface area contributed by atoms with Gasteiger partial charge < -0.3 is 8.92 Å². The van der Waals surface area contributed by atoms with E-state index in [1.54, 1.807) is 20.8 Å². The Morgan fingerprint density at radius 1 is 1.30 bits per heavy atom. The highest BCUT2D eigenvalue weighted by Crippen LogP contribution is 2.43. The van der Waals surface area contributed by atoms with Crippen LogP contribution in [0.25, 0.3) is 0 Å². The standard InChI is InChI=1S/C15H18F3N3O5S/c1-14(2,3)25-13(22)21-7-8-4-9-6-19-12(20-11(9)10(21)5-8)26-27(23,24)15(16,17)18/h6,8,10H,4-5,7H2,1-3H3/t8-,10-/m0/s1. The number of alkyl halides is 3. The van der Waals surface area contributed by atoms with Crippen LogP contribution in [0.2, 0.25) is 0 Å². The van der Waals surface area contributed by atoms with Gasteiger partial charge in [-0.05, 0) is 45.1 Å². The molecule has 8 nitrogen and oxygen atoms in total. The highest BCUT2D eigenvalue weighted by Gasteiger charge is 2.49. The summed E-state index contributed by atoms with van der Waals surface area (Å²) in [6.45, 7) is 5.57. The number of hydrogen-bond acceptors (Lipinski definition) is 7. The third-order valence-electron chi connectivity index (χ3n) is 4.18. The first-order valence-corrected chi connectivity index (χ1v) is 9.54. The number of aromatic nitrogens is 2. The topological polar surface area (TPSA) is 98.7 Å². The van der Waals surface area contributed by atoms with E-state index >= 15 is 0 Å². The molecule has 1 saturated heterocycles. The quantitative estimate of drug-likeness (QED) is 0.547. The van der Waals surface area contributed by atoms with Crippen molar-refractivity contribution in [3.8, 4) is 6.01 Å². The molecule has 0 N–H and O–H groups in total. The van der Waals surface area contributed by atoms with E-state index in [2.05, 4.69) is 14.2 Å². The second-order valence-electron chi connectivity index (χ2n) is 7.50. The first-order valence-electron chi connectivity index (χ1n) is 8.13. The lowest BCUT2D eigenvalue weighted by atomic mass is 9.88. The third-order valence-corrected chi connectivity index (χ3v) is 5.12. The van der Waals surface area contributed by atoms with Gasteiger partial charge in [0, 0.05) is 12.7 Å². The number of carbonyl (C=O) groups is 1. The Morgan fingerprint density at radius 2 is 1.96 bits per heavy atom. The highest BCUT2D eigenvalue weighted by atomic mass is 32.2. The van der Waals surface area contributed by atoms with Crippen LogP contribution < -0.4 is 4.18 Å². The van der Waals surface area contributed by atoms with E-state index in [0.717, 1.165) is 0 Å². The van der Waals surface area contributed by atoms with Crippen molar-refractivity contribution in [3.63, 3.8) is 0 Å². The third kappa shape index (κ3) is 3.94. The second kappa shape index (κ2) is 6.21. The van der Waals surface area contributed by atoms with Crippen LogP contribution in [0.5, 0.6) is 6.01 Å². The molecule has 1 aromatic rings. The molecular weight excluding hydrogens is 391 g/mol. The van der Waals surface area contributed by atoms with Crippen LogP contribution >= 0.6 is 0 Å². The lowest BCUT2D eigenvalue weighted by Crippen LogP contribution is -2.36. The van der Waals surface area contributed by atoms with Crippen molar-refractivity contribution in [2.45, 2.75) is 50.8 Å². The van der Waals surface area contributed by atoms with E-state index in [4.69, 9.17) is 4.74 Å². The van der Waals surface area contributed by atoms with Gasteiger partial charge in [-0.2, -0.15) is 26.6 Å². The van der Waals surface area contributed by atoms with Crippen LogP contribution in [-0.4, -0.2) is 47.0 Å². The fourth-order valence-corrected chi connectivity index (χ4v) is 3.57. The molecule has 150 valence electrons. The summed E-state index contributed by atoms with van der Waals surface area (Å²) >= 11 is 0. The fraction of sp³-hybridized carbons (Fsp3) is 0.667. The first kappa shape index (κ1) is 19.6.